The summed E-state index contributed by atoms with van der Waals surface area (Å²) in [5, 5.41) is 15.1. The fourth-order valence-corrected chi connectivity index (χ4v) is 1.02. The maximum Gasteiger partial charge on any atom is 0.241 e. The van der Waals surface area contributed by atoms with Crippen LogP contribution in [0.5, 0.6) is 0 Å². The molecular formula is C9H12N4O. The highest BCUT2D eigenvalue weighted by Gasteiger charge is 2.05. The Morgan fingerprint density at radius 1 is 1.79 bits per heavy atom. The molecule has 0 unspecified atom stereocenters. The maximum absolute atomic E-state index is 11.3. The Hall–Kier alpha value is -1.83. The fourth-order valence-electron chi connectivity index (χ4n) is 1.02. The Labute approximate surface area is 82.3 Å². The van der Waals surface area contributed by atoms with Gasteiger partial charge in [0.05, 0.1) is 11.8 Å². The first-order chi connectivity index (χ1) is 6.61. The highest BCUT2D eigenvalue weighted by atomic mass is 16.2. The summed E-state index contributed by atoms with van der Waals surface area (Å²) in [5.74, 6) is -0.104. The Morgan fingerprint density at radius 2 is 2.50 bits per heavy atom. The van der Waals surface area contributed by atoms with Crippen LogP contribution in [0.15, 0.2) is 12.4 Å². The van der Waals surface area contributed by atoms with Gasteiger partial charge in [0.25, 0.3) is 0 Å². The van der Waals surface area contributed by atoms with Crippen molar-refractivity contribution in [2.45, 2.75) is 26.4 Å². The van der Waals surface area contributed by atoms with Crippen LogP contribution in [-0.4, -0.2) is 21.7 Å². The smallest absolute Gasteiger partial charge is 0.241 e. The molecule has 0 fully saturated rings. The van der Waals surface area contributed by atoms with E-state index in [1.54, 1.807) is 6.20 Å². The average Bonchev–Trinajstić information content (AvgIpc) is 2.50. The topological polar surface area (TPSA) is 70.7 Å². The molecule has 0 atom stereocenters. The summed E-state index contributed by atoms with van der Waals surface area (Å²) in [5.41, 5.74) is 0.461. The summed E-state index contributed by atoms with van der Waals surface area (Å²) in [7, 11) is 0. The average molecular weight is 192 g/mol. The monoisotopic (exact) mass is 192 g/mol. The first kappa shape index (κ1) is 10.3. The predicted molar refractivity (Wildman–Crippen MR) is 50.2 cm³/mol. The summed E-state index contributed by atoms with van der Waals surface area (Å²) < 4.78 is 1.44. The lowest BCUT2D eigenvalue weighted by atomic mass is 10.4. The lowest BCUT2D eigenvalue weighted by molar-refractivity contribution is -0.122. The molecule has 14 heavy (non-hydrogen) atoms. The van der Waals surface area contributed by atoms with Gasteiger partial charge in [-0.15, -0.1) is 0 Å². The van der Waals surface area contributed by atoms with Crippen molar-refractivity contribution in [2.75, 3.05) is 0 Å². The molecule has 1 heterocycles. The number of carbonyl (C=O) groups is 1. The molecular weight excluding hydrogens is 180 g/mol. The van der Waals surface area contributed by atoms with Crippen molar-refractivity contribution in [1.29, 1.82) is 5.26 Å². The molecule has 1 amide bonds. The van der Waals surface area contributed by atoms with Gasteiger partial charge in [-0.05, 0) is 13.8 Å². The molecule has 0 aliphatic carbocycles. The molecule has 1 N–H and O–H groups in total. The van der Waals surface area contributed by atoms with Crippen molar-refractivity contribution in [1.82, 2.24) is 15.1 Å². The van der Waals surface area contributed by atoms with Crippen LogP contribution in [0, 0.1) is 11.3 Å². The number of aromatic nitrogens is 2. The van der Waals surface area contributed by atoms with Crippen molar-refractivity contribution >= 4 is 5.91 Å². The second kappa shape index (κ2) is 4.42. The van der Waals surface area contributed by atoms with Crippen molar-refractivity contribution in [3.63, 3.8) is 0 Å². The predicted octanol–water partition coefficient (Wildman–Crippen LogP) is 0.279. The van der Waals surface area contributed by atoms with E-state index in [0.29, 0.717) is 5.56 Å². The highest BCUT2D eigenvalue weighted by molar-refractivity contribution is 5.75. The first-order valence-corrected chi connectivity index (χ1v) is 4.33. The number of nitrogens with zero attached hydrogens (tertiary/aromatic N) is 3. The third-order valence-electron chi connectivity index (χ3n) is 1.52. The molecule has 1 aromatic rings. The second-order valence-electron chi connectivity index (χ2n) is 3.26. The molecule has 0 spiro atoms. The Bertz CT molecular complexity index is 361. The van der Waals surface area contributed by atoms with Crippen LogP contribution in [0.3, 0.4) is 0 Å². The van der Waals surface area contributed by atoms with Gasteiger partial charge in [-0.2, -0.15) is 10.4 Å². The first-order valence-electron chi connectivity index (χ1n) is 4.33. The van der Waals surface area contributed by atoms with E-state index in [4.69, 9.17) is 5.26 Å². The normalized spacial score (nSPS) is 9.86. The molecule has 0 aliphatic heterocycles. The molecule has 0 saturated carbocycles. The van der Waals surface area contributed by atoms with Gasteiger partial charge in [0.15, 0.2) is 0 Å². The SMILES string of the molecule is CC(C)NC(=O)Cn1cc(C#N)cn1. The molecule has 5 nitrogen and oxygen atoms in total. The third kappa shape index (κ3) is 2.90. The zero-order chi connectivity index (χ0) is 10.6. The van der Waals surface area contributed by atoms with Gasteiger partial charge in [0, 0.05) is 12.2 Å². The van der Waals surface area contributed by atoms with Crippen LogP contribution in [0.25, 0.3) is 0 Å². The van der Waals surface area contributed by atoms with Crippen LogP contribution >= 0.6 is 0 Å². The molecule has 1 aromatic heterocycles. The lowest BCUT2D eigenvalue weighted by Crippen LogP contribution is -2.33. The Kier molecular flexibility index (Phi) is 3.24. The number of carbonyl (C=O) groups excluding carboxylic acids is 1. The minimum Gasteiger partial charge on any atom is -0.352 e. The maximum atomic E-state index is 11.3. The number of rotatable bonds is 3. The molecule has 0 bridgehead atoms. The number of nitriles is 1. The van der Waals surface area contributed by atoms with Gasteiger partial charge in [-0.25, -0.2) is 0 Å². The summed E-state index contributed by atoms with van der Waals surface area (Å²) >= 11 is 0. The van der Waals surface area contributed by atoms with Crippen LogP contribution in [-0.2, 0) is 11.3 Å². The number of hydrogen-bond donors (Lipinski definition) is 1. The van der Waals surface area contributed by atoms with Gasteiger partial charge < -0.3 is 5.32 Å². The van der Waals surface area contributed by atoms with Crippen molar-refractivity contribution in [2.24, 2.45) is 0 Å². The number of hydrogen-bond acceptors (Lipinski definition) is 3. The summed E-state index contributed by atoms with van der Waals surface area (Å²) in [6.07, 6.45) is 2.97. The lowest BCUT2D eigenvalue weighted by Gasteiger charge is -2.07. The van der Waals surface area contributed by atoms with Crippen LogP contribution in [0.2, 0.25) is 0 Å². The van der Waals surface area contributed by atoms with E-state index in [0.717, 1.165) is 0 Å². The minimum atomic E-state index is -0.104. The molecule has 0 radical (unpaired) electrons. The number of nitrogens with one attached hydrogen (secondary N) is 1. The van der Waals surface area contributed by atoms with Crippen molar-refractivity contribution < 1.29 is 4.79 Å². The standard InChI is InChI=1S/C9H12N4O/c1-7(2)12-9(14)6-13-5-8(3-10)4-11-13/h4-5,7H,6H2,1-2H3,(H,12,14). The van der Waals surface area contributed by atoms with Crippen LogP contribution in [0.4, 0.5) is 0 Å². The third-order valence-corrected chi connectivity index (χ3v) is 1.52. The van der Waals surface area contributed by atoms with Gasteiger partial charge in [-0.3, -0.25) is 9.48 Å². The van der Waals surface area contributed by atoms with E-state index in [1.165, 1.54) is 10.9 Å². The zero-order valence-electron chi connectivity index (χ0n) is 8.19. The highest BCUT2D eigenvalue weighted by Crippen LogP contribution is 1.94. The van der Waals surface area contributed by atoms with E-state index < -0.39 is 0 Å². The summed E-state index contributed by atoms with van der Waals surface area (Å²) in [6.45, 7) is 3.93. The van der Waals surface area contributed by atoms with E-state index in [-0.39, 0.29) is 18.5 Å². The quantitative estimate of drug-likeness (QED) is 0.747. The van der Waals surface area contributed by atoms with Crippen LogP contribution < -0.4 is 5.32 Å². The van der Waals surface area contributed by atoms with Gasteiger partial charge in [0.2, 0.25) is 5.91 Å². The Morgan fingerprint density at radius 3 is 3.00 bits per heavy atom. The largest absolute Gasteiger partial charge is 0.352 e. The molecule has 5 heteroatoms. The van der Waals surface area contributed by atoms with Crippen LogP contribution in [0.1, 0.15) is 19.4 Å². The van der Waals surface area contributed by atoms with Crippen molar-refractivity contribution in [3.05, 3.63) is 18.0 Å². The van der Waals surface area contributed by atoms with Gasteiger partial charge in [-0.1, -0.05) is 0 Å². The summed E-state index contributed by atoms with van der Waals surface area (Å²) in [4.78, 5) is 11.3. The van der Waals surface area contributed by atoms with E-state index in [1.807, 2.05) is 19.9 Å². The number of amides is 1. The summed E-state index contributed by atoms with van der Waals surface area (Å²) in [6, 6.07) is 2.07. The fraction of sp³-hybridized carbons (Fsp3) is 0.444. The molecule has 0 aliphatic rings. The minimum absolute atomic E-state index is 0.104. The zero-order valence-corrected chi connectivity index (χ0v) is 8.19. The Balaban J connectivity index is 2.53. The van der Waals surface area contributed by atoms with E-state index in [2.05, 4.69) is 10.4 Å². The molecule has 74 valence electrons. The van der Waals surface area contributed by atoms with Gasteiger partial charge in [0.1, 0.15) is 12.6 Å². The second-order valence-corrected chi connectivity index (χ2v) is 3.26. The molecule has 0 aromatic carbocycles. The van der Waals surface area contributed by atoms with Crippen molar-refractivity contribution in [3.8, 4) is 6.07 Å². The molecule has 1 rings (SSSR count). The van der Waals surface area contributed by atoms with E-state index in [9.17, 15) is 4.79 Å². The molecule has 0 saturated heterocycles. The van der Waals surface area contributed by atoms with E-state index >= 15 is 0 Å². The van der Waals surface area contributed by atoms with Gasteiger partial charge >= 0.3 is 0 Å².